The van der Waals surface area contributed by atoms with Crippen LogP contribution < -0.4 is 0 Å². The summed E-state index contributed by atoms with van der Waals surface area (Å²) in [5.74, 6) is 0.890. The summed E-state index contributed by atoms with van der Waals surface area (Å²) in [6, 6.07) is 11.5. The number of benzene rings is 2. The van der Waals surface area contributed by atoms with Gasteiger partial charge in [0.2, 0.25) is 0 Å². The van der Waals surface area contributed by atoms with Gasteiger partial charge in [-0.05, 0) is 37.1 Å². The highest BCUT2D eigenvalue weighted by molar-refractivity contribution is 7.89. The molecule has 2 aromatic carbocycles. The minimum atomic E-state index is -3.77. The van der Waals surface area contributed by atoms with Crippen LogP contribution in [-0.2, 0) is 10.0 Å². The number of hydrogen-bond donors (Lipinski definition) is 0. The number of nitrogens with zero attached hydrogens (tertiary/aromatic N) is 1. The summed E-state index contributed by atoms with van der Waals surface area (Å²) in [4.78, 5) is 0.0975. The van der Waals surface area contributed by atoms with Crippen molar-refractivity contribution in [1.29, 1.82) is 0 Å². The zero-order valence-corrected chi connectivity index (χ0v) is 12.8. The van der Waals surface area contributed by atoms with E-state index in [0.717, 1.165) is 28.1 Å². The Morgan fingerprint density at radius 3 is 2.09 bits per heavy atom. The van der Waals surface area contributed by atoms with Crippen molar-refractivity contribution in [3.8, 4) is 12.0 Å². The topological polar surface area (TPSA) is 37.4 Å². The van der Waals surface area contributed by atoms with Crippen LogP contribution in [0.2, 0.25) is 0 Å². The summed E-state index contributed by atoms with van der Waals surface area (Å²) in [6.07, 6.45) is 0. The van der Waals surface area contributed by atoms with E-state index < -0.39 is 21.7 Å². The van der Waals surface area contributed by atoms with Gasteiger partial charge in [0.05, 0.1) is 4.90 Å². The monoisotopic (exact) mass is 321 g/mol. The Morgan fingerprint density at radius 1 is 1.00 bits per heavy atom. The molecule has 22 heavy (non-hydrogen) atoms. The molecule has 2 rings (SSSR count). The van der Waals surface area contributed by atoms with E-state index in [0.29, 0.717) is 0 Å². The molecular weight excluding hydrogens is 308 g/mol. The van der Waals surface area contributed by atoms with Crippen LogP contribution in [0.4, 0.5) is 8.78 Å². The first-order valence-corrected chi connectivity index (χ1v) is 7.76. The zero-order valence-electron chi connectivity index (χ0n) is 12.0. The highest BCUT2D eigenvalue weighted by Gasteiger charge is 2.17. The number of aryl methyl sites for hydroxylation is 1. The number of halogens is 2. The molecule has 0 aliphatic heterocycles. The third-order valence-electron chi connectivity index (χ3n) is 2.90. The lowest BCUT2D eigenvalue weighted by Gasteiger charge is -2.12. The lowest BCUT2D eigenvalue weighted by atomic mass is 10.2. The maximum atomic E-state index is 13.0. The molecule has 0 spiro atoms. The first-order chi connectivity index (χ1) is 10.3. The Bertz CT molecular complexity index is 830. The van der Waals surface area contributed by atoms with Gasteiger partial charge in [-0.25, -0.2) is 21.5 Å². The van der Waals surface area contributed by atoms with Crippen molar-refractivity contribution in [3.05, 3.63) is 65.2 Å². The molecule has 0 N–H and O–H groups in total. The minimum Gasteiger partial charge on any atom is -0.227 e. The molecule has 0 saturated heterocycles. The Labute approximate surface area is 128 Å². The van der Waals surface area contributed by atoms with Crippen LogP contribution in [0.15, 0.2) is 47.4 Å². The van der Waals surface area contributed by atoms with Gasteiger partial charge in [-0.15, -0.1) is 0 Å². The van der Waals surface area contributed by atoms with Crippen LogP contribution in [-0.4, -0.2) is 19.8 Å². The average molecular weight is 321 g/mol. The third kappa shape index (κ3) is 3.62. The van der Waals surface area contributed by atoms with Crippen molar-refractivity contribution in [3.63, 3.8) is 0 Å². The van der Waals surface area contributed by atoms with E-state index in [-0.39, 0.29) is 10.5 Å². The van der Waals surface area contributed by atoms with Crippen LogP contribution in [0.25, 0.3) is 0 Å². The van der Waals surface area contributed by atoms with Crippen LogP contribution in [0.1, 0.15) is 11.1 Å². The summed E-state index contributed by atoms with van der Waals surface area (Å²) in [7, 11) is -2.50. The predicted octanol–water partition coefficient (Wildman–Crippen LogP) is 2.90. The van der Waals surface area contributed by atoms with Gasteiger partial charge in [-0.1, -0.05) is 17.7 Å². The fraction of sp³-hybridized carbons (Fsp3) is 0.125. The second-order valence-electron chi connectivity index (χ2n) is 4.68. The average Bonchev–Trinajstić information content (AvgIpc) is 2.44. The maximum Gasteiger partial charge on any atom is 0.270 e. The smallest absolute Gasteiger partial charge is 0.227 e. The summed E-state index contributed by atoms with van der Waals surface area (Å²) in [5.41, 5.74) is 0.992. The molecule has 0 atom stereocenters. The molecule has 0 aliphatic rings. The van der Waals surface area contributed by atoms with Crippen molar-refractivity contribution in [1.82, 2.24) is 4.31 Å². The van der Waals surface area contributed by atoms with Crippen LogP contribution >= 0.6 is 0 Å². The summed E-state index contributed by atoms with van der Waals surface area (Å²) < 4.78 is 51.5. The fourth-order valence-corrected chi connectivity index (χ4v) is 2.66. The van der Waals surface area contributed by atoms with Gasteiger partial charge in [0.25, 0.3) is 10.0 Å². The fourth-order valence-electron chi connectivity index (χ4n) is 1.70. The maximum absolute atomic E-state index is 13.0. The Kier molecular flexibility index (Phi) is 4.48. The lowest BCUT2D eigenvalue weighted by Crippen LogP contribution is -2.22. The van der Waals surface area contributed by atoms with E-state index in [9.17, 15) is 17.2 Å². The molecule has 0 amide bonds. The highest BCUT2D eigenvalue weighted by atomic mass is 32.2. The zero-order chi connectivity index (χ0) is 16.3. The molecular formula is C16H13F2NO2S. The van der Waals surface area contributed by atoms with E-state index >= 15 is 0 Å². The third-order valence-corrected chi connectivity index (χ3v) is 4.58. The van der Waals surface area contributed by atoms with E-state index in [1.54, 1.807) is 12.1 Å². The first kappa shape index (κ1) is 16.0. The minimum absolute atomic E-state index is 0.0588. The Morgan fingerprint density at radius 2 is 1.55 bits per heavy atom. The van der Waals surface area contributed by atoms with Crippen molar-refractivity contribution in [2.75, 3.05) is 7.05 Å². The summed E-state index contributed by atoms with van der Waals surface area (Å²) >= 11 is 0. The van der Waals surface area contributed by atoms with Crippen LogP contribution in [0.5, 0.6) is 0 Å². The molecule has 6 heteroatoms. The van der Waals surface area contributed by atoms with E-state index in [1.165, 1.54) is 19.2 Å². The van der Waals surface area contributed by atoms with E-state index in [2.05, 4.69) is 12.0 Å². The van der Waals surface area contributed by atoms with Crippen LogP contribution in [0, 0.1) is 30.5 Å². The summed E-state index contributed by atoms with van der Waals surface area (Å²) in [5, 5.41) is 0. The van der Waals surface area contributed by atoms with Crippen molar-refractivity contribution < 1.29 is 17.2 Å². The van der Waals surface area contributed by atoms with Crippen LogP contribution in [0.3, 0.4) is 0 Å². The van der Waals surface area contributed by atoms with Crippen molar-refractivity contribution in [2.24, 2.45) is 0 Å². The molecule has 0 fully saturated rings. The van der Waals surface area contributed by atoms with Gasteiger partial charge in [0.1, 0.15) is 11.6 Å². The summed E-state index contributed by atoms with van der Waals surface area (Å²) in [6.45, 7) is 1.85. The molecule has 0 aliphatic carbocycles. The molecule has 0 radical (unpaired) electrons. The standard InChI is InChI=1S/C16H13F2NO2S/c1-12-3-5-16(6-4-12)22(20,21)19(2)8-7-13-9-14(17)11-15(18)10-13/h3-6,9-11H,1-2H3. The highest BCUT2D eigenvalue weighted by Crippen LogP contribution is 2.14. The molecule has 0 bridgehead atoms. The second kappa shape index (κ2) is 6.16. The number of hydrogen-bond acceptors (Lipinski definition) is 2. The SMILES string of the molecule is Cc1ccc(S(=O)(=O)N(C)C#Cc2cc(F)cc(F)c2)cc1. The largest absolute Gasteiger partial charge is 0.270 e. The molecule has 2 aromatic rings. The number of sulfonamides is 1. The van der Waals surface area contributed by atoms with Gasteiger partial charge in [0.15, 0.2) is 0 Å². The normalized spacial score (nSPS) is 10.7. The molecule has 0 unspecified atom stereocenters. The van der Waals surface area contributed by atoms with Gasteiger partial charge in [-0.3, -0.25) is 0 Å². The van der Waals surface area contributed by atoms with Gasteiger partial charge in [-0.2, -0.15) is 0 Å². The predicted molar refractivity (Wildman–Crippen MR) is 79.4 cm³/mol. The van der Waals surface area contributed by atoms with E-state index in [4.69, 9.17) is 0 Å². The molecule has 0 aromatic heterocycles. The van der Waals surface area contributed by atoms with Gasteiger partial charge < -0.3 is 0 Å². The number of rotatable bonds is 2. The van der Waals surface area contributed by atoms with Gasteiger partial charge in [0, 0.05) is 24.7 Å². The molecule has 0 heterocycles. The lowest BCUT2D eigenvalue weighted by molar-refractivity contribution is 0.547. The van der Waals surface area contributed by atoms with E-state index in [1.807, 2.05) is 6.92 Å². The quantitative estimate of drug-likeness (QED) is 0.630. The molecule has 3 nitrogen and oxygen atoms in total. The first-order valence-electron chi connectivity index (χ1n) is 6.32. The van der Waals surface area contributed by atoms with Crippen molar-refractivity contribution >= 4 is 10.0 Å². The Hall–Kier alpha value is -2.39. The molecule has 0 saturated carbocycles. The molecule has 114 valence electrons. The Balaban J connectivity index is 2.30. The second-order valence-corrected chi connectivity index (χ2v) is 6.65. The van der Waals surface area contributed by atoms with Gasteiger partial charge >= 0.3 is 0 Å². The van der Waals surface area contributed by atoms with Crippen molar-refractivity contribution in [2.45, 2.75) is 11.8 Å².